The van der Waals surface area contributed by atoms with Crippen LogP contribution in [-0.2, 0) is 14.8 Å². The number of carbonyl (C=O) groups excluding carboxylic acids is 1. The molecular formula is C21H23F2N3O4S. The third kappa shape index (κ3) is 4.41. The molecule has 0 aliphatic carbocycles. The molecular weight excluding hydrogens is 428 g/mol. The summed E-state index contributed by atoms with van der Waals surface area (Å²) in [5.41, 5.74) is 0.00329. The Morgan fingerprint density at radius 2 is 1.68 bits per heavy atom. The molecule has 1 amide bonds. The average molecular weight is 451 g/mol. The summed E-state index contributed by atoms with van der Waals surface area (Å²) in [6.07, 6.45) is 1.92. The van der Waals surface area contributed by atoms with Crippen LogP contribution >= 0.6 is 0 Å². The van der Waals surface area contributed by atoms with Gasteiger partial charge in [0.2, 0.25) is 10.0 Å². The maximum Gasteiger partial charge on any atom is 0.258 e. The van der Waals surface area contributed by atoms with Crippen LogP contribution in [0.1, 0.15) is 23.2 Å². The number of hydrogen-bond acceptors (Lipinski definition) is 5. The molecule has 4 rings (SSSR count). The van der Waals surface area contributed by atoms with E-state index in [4.69, 9.17) is 4.74 Å². The lowest BCUT2D eigenvalue weighted by molar-refractivity contribution is 0.0730. The van der Waals surface area contributed by atoms with Gasteiger partial charge in [-0.25, -0.2) is 17.2 Å². The van der Waals surface area contributed by atoms with Gasteiger partial charge in [-0.05, 0) is 43.2 Å². The number of nitrogens with zero attached hydrogens (tertiary/aromatic N) is 2. The lowest BCUT2D eigenvalue weighted by Gasteiger charge is -2.26. The van der Waals surface area contributed by atoms with E-state index in [2.05, 4.69) is 5.32 Å². The maximum atomic E-state index is 14.5. The van der Waals surface area contributed by atoms with Crippen molar-refractivity contribution in [1.29, 1.82) is 0 Å². The van der Waals surface area contributed by atoms with Gasteiger partial charge in [0.05, 0.1) is 29.4 Å². The standard InChI is InChI=1S/C21H23F2N3O4S/c22-17-7-6-15(31(28,29)26-10-12-30-13-11-26)14-16(17)21(27)24-20-18(23)4-3-5-19(20)25-8-1-2-9-25/h3-7,14H,1-2,8-13H2,(H,24,27). The third-order valence-corrected chi connectivity index (χ3v) is 7.36. The van der Waals surface area contributed by atoms with Crippen molar-refractivity contribution in [2.45, 2.75) is 17.7 Å². The van der Waals surface area contributed by atoms with Crippen LogP contribution in [0, 0.1) is 11.6 Å². The molecule has 0 spiro atoms. The number of amides is 1. The predicted octanol–water partition coefficient (Wildman–Crippen LogP) is 2.84. The first kappa shape index (κ1) is 21.7. The number of sulfonamides is 1. The van der Waals surface area contributed by atoms with E-state index in [1.165, 1.54) is 10.4 Å². The van der Waals surface area contributed by atoms with Crippen LogP contribution < -0.4 is 10.2 Å². The molecule has 1 N–H and O–H groups in total. The van der Waals surface area contributed by atoms with Crippen molar-refractivity contribution in [3.05, 3.63) is 53.6 Å². The van der Waals surface area contributed by atoms with Crippen molar-refractivity contribution in [3.63, 3.8) is 0 Å². The van der Waals surface area contributed by atoms with Crippen LogP contribution in [0.5, 0.6) is 0 Å². The highest BCUT2D eigenvalue weighted by molar-refractivity contribution is 7.89. The molecule has 0 bridgehead atoms. The minimum atomic E-state index is -3.91. The maximum absolute atomic E-state index is 14.5. The molecule has 0 saturated carbocycles. The van der Waals surface area contributed by atoms with Gasteiger partial charge in [-0.3, -0.25) is 4.79 Å². The minimum Gasteiger partial charge on any atom is -0.379 e. The first-order valence-electron chi connectivity index (χ1n) is 10.1. The highest BCUT2D eigenvalue weighted by Crippen LogP contribution is 2.32. The van der Waals surface area contributed by atoms with Gasteiger partial charge in [0.1, 0.15) is 17.3 Å². The van der Waals surface area contributed by atoms with Gasteiger partial charge in [0.25, 0.3) is 5.91 Å². The van der Waals surface area contributed by atoms with Crippen molar-refractivity contribution >= 4 is 27.3 Å². The molecule has 0 unspecified atom stereocenters. The van der Waals surface area contributed by atoms with Crippen molar-refractivity contribution in [3.8, 4) is 0 Å². The monoisotopic (exact) mass is 451 g/mol. The van der Waals surface area contributed by atoms with Crippen molar-refractivity contribution in [2.24, 2.45) is 0 Å². The molecule has 2 heterocycles. The van der Waals surface area contributed by atoms with Gasteiger partial charge in [0, 0.05) is 26.2 Å². The van der Waals surface area contributed by atoms with Gasteiger partial charge in [-0.2, -0.15) is 4.31 Å². The number of para-hydroxylation sites is 1. The number of rotatable bonds is 5. The Bertz CT molecular complexity index is 1080. The smallest absolute Gasteiger partial charge is 0.258 e. The fourth-order valence-electron chi connectivity index (χ4n) is 3.81. The first-order chi connectivity index (χ1) is 14.9. The molecule has 2 aliphatic rings. The summed E-state index contributed by atoms with van der Waals surface area (Å²) in [5.74, 6) is -2.45. The van der Waals surface area contributed by atoms with Crippen LogP contribution in [0.15, 0.2) is 41.3 Å². The number of ether oxygens (including phenoxy) is 1. The fraction of sp³-hybridized carbons (Fsp3) is 0.381. The first-order valence-corrected chi connectivity index (χ1v) is 11.5. The summed E-state index contributed by atoms with van der Waals surface area (Å²) in [7, 11) is -3.91. The van der Waals surface area contributed by atoms with E-state index in [1.54, 1.807) is 12.1 Å². The Labute approximate surface area is 179 Å². The number of anilines is 2. The van der Waals surface area contributed by atoms with Gasteiger partial charge in [-0.15, -0.1) is 0 Å². The van der Waals surface area contributed by atoms with Gasteiger partial charge in [-0.1, -0.05) is 6.07 Å². The zero-order valence-corrected chi connectivity index (χ0v) is 17.6. The highest BCUT2D eigenvalue weighted by Gasteiger charge is 2.28. The van der Waals surface area contributed by atoms with E-state index in [-0.39, 0.29) is 36.9 Å². The number of morpholine rings is 1. The normalized spacial score (nSPS) is 17.7. The van der Waals surface area contributed by atoms with Crippen LogP contribution in [0.4, 0.5) is 20.2 Å². The Morgan fingerprint density at radius 3 is 2.39 bits per heavy atom. The number of halogens is 2. The molecule has 2 aromatic carbocycles. The topological polar surface area (TPSA) is 79.0 Å². The second-order valence-electron chi connectivity index (χ2n) is 7.44. The van der Waals surface area contributed by atoms with E-state index in [0.29, 0.717) is 5.69 Å². The summed E-state index contributed by atoms with van der Waals surface area (Å²) in [6.45, 7) is 2.34. The number of hydrogen-bond donors (Lipinski definition) is 1. The SMILES string of the molecule is O=C(Nc1c(F)cccc1N1CCCC1)c1cc(S(=O)(=O)N2CCOCC2)ccc1F. The molecule has 0 aromatic heterocycles. The Morgan fingerprint density at radius 1 is 0.968 bits per heavy atom. The van der Waals surface area contributed by atoms with Crippen molar-refractivity contribution < 1.29 is 26.7 Å². The summed E-state index contributed by atoms with van der Waals surface area (Å²) in [6, 6.07) is 7.51. The third-order valence-electron chi connectivity index (χ3n) is 5.47. The lowest BCUT2D eigenvalue weighted by Crippen LogP contribution is -2.40. The quantitative estimate of drug-likeness (QED) is 0.757. The second kappa shape index (κ2) is 8.89. The lowest BCUT2D eigenvalue weighted by atomic mass is 10.1. The molecule has 166 valence electrons. The molecule has 2 aromatic rings. The Kier molecular flexibility index (Phi) is 6.22. The summed E-state index contributed by atoms with van der Waals surface area (Å²) < 4.78 is 61.1. The number of nitrogens with one attached hydrogen (secondary N) is 1. The Balaban J connectivity index is 1.64. The predicted molar refractivity (Wildman–Crippen MR) is 112 cm³/mol. The van der Waals surface area contributed by atoms with Gasteiger partial charge >= 0.3 is 0 Å². The van der Waals surface area contributed by atoms with E-state index in [9.17, 15) is 22.0 Å². The van der Waals surface area contributed by atoms with Crippen LogP contribution in [0.2, 0.25) is 0 Å². The van der Waals surface area contributed by atoms with Crippen LogP contribution in [-0.4, -0.2) is 58.0 Å². The molecule has 7 nitrogen and oxygen atoms in total. The summed E-state index contributed by atoms with van der Waals surface area (Å²) in [4.78, 5) is 14.6. The molecule has 2 aliphatic heterocycles. The van der Waals surface area contributed by atoms with Crippen LogP contribution in [0.25, 0.3) is 0 Å². The van der Waals surface area contributed by atoms with E-state index in [0.717, 1.165) is 44.1 Å². The molecule has 0 atom stereocenters. The average Bonchev–Trinajstić information content (AvgIpc) is 3.30. The number of benzene rings is 2. The highest BCUT2D eigenvalue weighted by atomic mass is 32.2. The molecule has 31 heavy (non-hydrogen) atoms. The fourth-order valence-corrected chi connectivity index (χ4v) is 5.25. The van der Waals surface area contributed by atoms with Crippen LogP contribution in [0.3, 0.4) is 0 Å². The van der Waals surface area contributed by atoms with Gasteiger partial charge < -0.3 is 15.0 Å². The van der Waals surface area contributed by atoms with E-state index in [1.807, 2.05) is 4.90 Å². The molecule has 2 saturated heterocycles. The minimum absolute atomic E-state index is 0.0461. The molecule has 2 fully saturated rings. The largest absolute Gasteiger partial charge is 0.379 e. The van der Waals surface area contributed by atoms with Crippen molar-refractivity contribution in [1.82, 2.24) is 4.31 Å². The second-order valence-corrected chi connectivity index (χ2v) is 9.38. The molecule has 0 radical (unpaired) electrons. The zero-order valence-electron chi connectivity index (χ0n) is 16.8. The van der Waals surface area contributed by atoms with E-state index >= 15 is 0 Å². The van der Waals surface area contributed by atoms with E-state index < -0.39 is 33.1 Å². The summed E-state index contributed by atoms with van der Waals surface area (Å²) in [5, 5.41) is 2.45. The van der Waals surface area contributed by atoms with Gasteiger partial charge in [0.15, 0.2) is 0 Å². The summed E-state index contributed by atoms with van der Waals surface area (Å²) >= 11 is 0. The number of carbonyl (C=O) groups is 1. The van der Waals surface area contributed by atoms with Crippen molar-refractivity contribution in [2.75, 3.05) is 49.6 Å². The molecule has 10 heteroatoms. The zero-order chi connectivity index (χ0) is 22.0. The Hall–Kier alpha value is -2.56.